The summed E-state index contributed by atoms with van der Waals surface area (Å²) in [6.07, 6.45) is -9.78. The molecule has 55 heavy (non-hydrogen) atoms. The fourth-order valence-electron chi connectivity index (χ4n) is 5.56. The molecule has 4 rings (SSSR count). The molecule has 0 amide bonds. The van der Waals surface area contributed by atoms with Gasteiger partial charge in [-0.2, -0.15) is 0 Å². The first-order chi connectivity index (χ1) is 26.1. The van der Waals surface area contributed by atoms with E-state index in [1.165, 1.54) is 62.8 Å². The minimum Gasteiger partial charge on any atom is -0.504 e. The van der Waals surface area contributed by atoms with Crippen LogP contribution in [0.1, 0.15) is 25.0 Å². The fraction of sp³-hybridized carbons (Fsp3) is 0.444. The van der Waals surface area contributed by atoms with E-state index in [1.807, 2.05) is 0 Å². The zero-order chi connectivity index (χ0) is 40.4. The number of aromatic hydroxyl groups is 2. The molecule has 0 aromatic heterocycles. The summed E-state index contributed by atoms with van der Waals surface area (Å²) in [4.78, 5) is 49.2. The van der Waals surface area contributed by atoms with Gasteiger partial charge >= 0.3 is 23.9 Å². The number of hydrogen-bond acceptors (Lipinski definition) is 19. The summed E-state index contributed by atoms with van der Waals surface area (Å²) in [7, 11) is 2.67. The average molecular weight is 779 g/mol. The second kappa shape index (κ2) is 18.8. The third-order valence-electron chi connectivity index (χ3n) is 8.27. The van der Waals surface area contributed by atoms with Crippen LogP contribution in [-0.2, 0) is 52.3 Å². The summed E-state index contributed by atoms with van der Waals surface area (Å²) in [5.74, 6) is -6.31. The van der Waals surface area contributed by atoms with E-state index in [4.69, 9.17) is 42.6 Å². The van der Waals surface area contributed by atoms with E-state index in [-0.39, 0.29) is 23.0 Å². The molecule has 0 aliphatic carbocycles. The van der Waals surface area contributed by atoms with Crippen LogP contribution in [0.25, 0.3) is 12.2 Å². The maximum Gasteiger partial charge on any atom is 0.331 e. The SMILES string of the molecule is COc1cc(C=CC(=O)OCC2OC(OC3(CO)OC(COC(C)=O)C(O)C3OC(=O)C=Cc3ccc(O)c(OC)c3)C(O)C(OC(C)=O)C2O)ccc1O. The topological polar surface area (TPSA) is 273 Å². The molecule has 2 aromatic carbocycles. The summed E-state index contributed by atoms with van der Waals surface area (Å²) in [6, 6.07) is 8.47. The molecular formula is C36H42O19. The first-order valence-corrected chi connectivity index (χ1v) is 16.6. The highest BCUT2D eigenvalue weighted by molar-refractivity contribution is 5.88. The molecule has 19 heteroatoms. The van der Waals surface area contributed by atoms with Crippen LogP contribution in [0.15, 0.2) is 48.6 Å². The van der Waals surface area contributed by atoms with Gasteiger partial charge in [0, 0.05) is 26.0 Å². The summed E-state index contributed by atoms with van der Waals surface area (Å²) in [6.45, 7) is -0.422. The molecular weight excluding hydrogens is 736 g/mol. The summed E-state index contributed by atoms with van der Waals surface area (Å²) >= 11 is 0. The number of carbonyl (C=O) groups is 4. The first kappa shape index (κ1) is 42.5. The quantitative estimate of drug-likeness (QED) is 0.0770. The second-order valence-corrected chi connectivity index (χ2v) is 12.2. The molecule has 0 bridgehead atoms. The van der Waals surface area contributed by atoms with Crippen LogP contribution in [0.3, 0.4) is 0 Å². The largest absolute Gasteiger partial charge is 0.504 e. The van der Waals surface area contributed by atoms with E-state index in [1.54, 1.807) is 0 Å². The molecule has 2 aliphatic heterocycles. The molecule has 2 saturated heterocycles. The van der Waals surface area contributed by atoms with E-state index in [2.05, 4.69) is 0 Å². The predicted octanol–water partition coefficient (Wildman–Crippen LogP) is -0.297. The van der Waals surface area contributed by atoms with Gasteiger partial charge in [-0.15, -0.1) is 0 Å². The number of hydrogen-bond donors (Lipinski definition) is 6. The first-order valence-electron chi connectivity index (χ1n) is 16.6. The maximum absolute atomic E-state index is 13.1. The summed E-state index contributed by atoms with van der Waals surface area (Å²) in [5.41, 5.74) is 0.849. The molecule has 0 radical (unpaired) electrons. The number of esters is 4. The van der Waals surface area contributed by atoms with Gasteiger partial charge in [-0.05, 0) is 47.5 Å². The Bertz CT molecular complexity index is 1740. The van der Waals surface area contributed by atoms with Crippen molar-refractivity contribution >= 4 is 36.0 Å². The number of phenolic OH excluding ortho intramolecular Hbond substituents is 2. The van der Waals surface area contributed by atoms with Crippen molar-refractivity contribution in [3.05, 3.63) is 59.7 Å². The van der Waals surface area contributed by atoms with E-state index in [0.717, 1.165) is 26.0 Å². The third kappa shape index (κ3) is 10.7. The van der Waals surface area contributed by atoms with Gasteiger partial charge in [0.25, 0.3) is 0 Å². The van der Waals surface area contributed by atoms with Crippen molar-refractivity contribution in [1.82, 2.24) is 0 Å². The third-order valence-corrected chi connectivity index (χ3v) is 8.27. The minimum atomic E-state index is -2.56. The lowest BCUT2D eigenvalue weighted by Crippen LogP contribution is -2.64. The van der Waals surface area contributed by atoms with Crippen molar-refractivity contribution in [2.75, 3.05) is 34.0 Å². The molecule has 0 spiro atoms. The van der Waals surface area contributed by atoms with Gasteiger partial charge < -0.3 is 73.3 Å². The number of rotatable bonds is 15. The molecule has 2 aromatic rings. The van der Waals surface area contributed by atoms with E-state index in [9.17, 15) is 49.8 Å². The highest BCUT2D eigenvalue weighted by Gasteiger charge is 2.61. The lowest BCUT2D eigenvalue weighted by molar-refractivity contribution is -0.383. The Labute approximate surface area is 313 Å². The maximum atomic E-state index is 13.1. The Balaban J connectivity index is 1.57. The van der Waals surface area contributed by atoms with E-state index < -0.39 is 98.5 Å². The number of benzene rings is 2. The molecule has 300 valence electrons. The van der Waals surface area contributed by atoms with Gasteiger partial charge in [0.05, 0.1) is 14.2 Å². The highest BCUT2D eigenvalue weighted by Crippen LogP contribution is 2.39. The van der Waals surface area contributed by atoms with Crippen LogP contribution >= 0.6 is 0 Å². The number of aliphatic hydroxyl groups excluding tert-OH is 4. The van der Waals surface area contributed by atoms with Gasteiger partial charge in [-0.1, -0.05) is 12.1 Å². The summed E-state index contributed by atoms with van der Waals surface area (Å²) in [5, 5.41) is 63.6. The van der Waals surface area contributed by atoms with Gasteiger partial charge in [-0.3, -0.25) is 9.59 Å². The number of ether oxygens (including phenoxy) is 9. The normalized spacial score (nSPS) is 27.8. The van der Waals surface area contributed by atoms with Gasteiger partial charge in [0.1, 0.15) is 50.3 Å². The van der Waals surface area contributed by atoms with Crippen molar-refractivity contribution in [2.45, 2.75) is 68.7 Å². The van der Waals surface area contributed by atoms with Crippen molar-refractivity contribution in [1.29, 1.82) is 0 Å². The number of carbonyl (C=O) groups excluding carboxylic acids is 4. The van der Waals surface area contributed by atoms with Crippen molar-refractivity contribution < 1.29 is 92.4 Å². The Morgan fingerprint density at radius 1 is 0.745 bits per heavy atom. The summed E-state index contributed by atoms with van der Waals surface area (Å²) < 4.78 is 48.3. The second-order valence-electron chi connectivity index (χ2n) is 12.2. The Morgan fingerprint density at radius 3 is 1.84 bits per heavy atom. The number of phenols is 2. The van der Waals surface area contributed by atoms with Crippen molar-refractivity contribution in [2.24, 2.45) is 0 Å². The van der Waals surface area contributed by atoms with E-state index >= 15 is 0 Å². The number of methoxy groups -OCH3 is 2. The van der Waals surface area contributed by atoms with Gasteiger partial charge in [0.2, 0.25) is 5.79 Å². The number of aliphatic hydroxyl groups is 4. The highest BCUT2D eigenvalue weighted by atomic mass is 16.8. The Hall–Kier alpha value is -5.28. The van der Waals surface area contributed by atoms with Gasteiger partial charge in [0.15, 0.2) is 41.5 Å². The van der Waals surface area contributed by atoms with Crippen molar-refractivity contribution in [3.63, 3.8) is 0 Å². The molecule has 2 aliphatic rings. The average Bonchev–Trinajstić information content (AvgIpc) is 3.41. The molecule has 2 fully saturated rings. The molecule has 0 saturated carbocycles. The lowest BCUT2D eigenvalue weighted by Gasteiger charge is -2.44. The van der Waals surface area contributed by atoms with Crippen LogP contribution in [0.2, 0.25) is 0 Å². The monoisotopic (exact) mass is 778 g/mol. The Kier molecular flexibility index (Phi) is 14.6. The molecule has 2 heterocycles. The van der Waals surface area contributed by atoms with Crippen LogP contribution in [0.5, 0.6) is 23.0 Å². The van der Waals surface area contributed by atoms with Crippen LogP contribution < -0.4 is 9.47 Å². The Morgan fingerprint density at radius 2 is 1.31 bits per heavy atom. The van der Waals surface area contributed by atoms with Crippen LogP contribution in [-0.4, -0.2) is 143 Å². The van der Waals surface area contributed by atoms with Crippen molar-refractivity contribution in [3.8, 4) is 23.0 Å². The molecule has 19 nitrogen and oxygen atoms in total. The minimum absolute atomic E-state index is 0.110. The lowest BCUT2D eigenvalue weighted by atomic mass is 9.98. The molecule has 9 atom stereocenters. The smallest absolute Gasteiger partial charge is 0.331 e. The standard InChI is InChI=1S/C36H42O19/c1-18(38)49-16-27-31(45)34(53-29(43)12-8-21-6-10-23(41)25(14-21)48-4)36(17-37,54-27)55-35-32(46)33(51-19(2)39)30(44)26(52-35)15-50-28(42)11-7-20-5-9-22(40)24(13-20)47-3/h5-14,26-27,30-35,37,40-41,44-46H,15-17H2,1-4H3. The molecule has 6 N–H and O–H groups in total. The van der Waals surface area contributed by atoms with Crippen LogP contribution in [0.4, 0.5) is 0 Å². The zero-order valence-corrected chi connectivity index (χ0v) is 30.0. The van der Waals surface area contributed by atoms with E-state index in [0.29, 0.717) is 11.1 Å². The predicted molar refractivity (Wildman–Crippen MR) is 183 cm³/mol. The molecule has 9 unspecified atom stereocenters. The van der Waals surface area contributed by atoms with Gasteiger partial charge in [-0.25, -0.2) is 9.59 Å². The fourth-order valence-corrected chi connectivity index (χ4v) is 5.56. The van der Waals surface area contributed by atoms with Crippen LogP contribution in [0, 0.1) is 0 Å². The zero-order valence-electron chi connectivity index (χ0n) is 30.0.